The lowest BCUT2D eigenvalue weighted by atomic mass is 10.2. The van der Waals surface area contributed by atoms with Crippen molar-refractivity contribution < 1.29 is 14.7 Å². The third-order valence-corrected chi connectivity index (χ3v) is 2.70. The van der Waals surface area contributed by atoms with Crippen molar-refractivity contribution in [3.8, 4) is 12.3 Å². The quantitative estimate of drug-likeness (QED) is 0.652. The van der Waals surface area contributed by atoms with Crippen molar-refractivity contribution in [1.29, 1.82) is 0 Å². The van der Waals surface area contributed by atoms with Crippen LogP contribution in [0.1, 0.15) is 21.7 Å². The molecular formula is C15H13N3O3. The van der Waals surface area contributed by atoms with Crippen LogP contribution in [0.2, 0.25) is 0 Å². The van der Waals surface area contributed by atoms with Crippen molar-refractivity contribution in [1.82, 2.24) is 4.98 Å². The summed E-state index contributed by atoms with van der Waals surface area (Å²) in [6.07, 6.45) is 5.28. The number of anilines is 2. The SMILES string of the molecule is C#Cc1cccc(NC(=O)Nc2cc(C)[nH]c2C(=O)O)c1. The van der Waals surface area contributed by atoms with Crippen LogP contribution in [-0.2, 0) is 0 Å². The first-order chi connectivity index (χ1) is 9.99. The van der Waals surface area contributed by atoms with Gasteiger partial charge in [-0.3, -0.25) is 0 Å². The van der Waals surface area contributed by atoms with E-state index in [1.165, 1.54) is 0 Å². The molecular weight excluding hydrogens is 270 g/mol. The first-order valence-corrected chi connectivity index (χ1v) is 6.07. The molecule has 0 saturated heterocycles. The summed E-state index contributed by atoms with van der Waals surface area (Å²) in [4.78, 5) is 25.6. The number of aromatic amines is 1. The first-order valence-electron chi connectivity index (χ1n) is 6.07. The molecule has 106 valence electrons. The number of amides is 2. The Morgan fingerprint density at radius 2 is 2.05 bits per heavy atom. The van der Waals surface area contributed by atoms with Crippen LogP contribution in [0.5, 0.6) is 0 Å². The van der Waals surface area contributed by atoms with E-state index in [-0.39, 0.29) is 11.4 Å². The number of hydrogen-bond donors (Lipinski definition) is 4. The van der Waals surface area contributed by atoms with Gasteiger partial charge in [0, 0.05) is 16.9 Å². The average Bonchev–Trinajstić information content (AvgIpc) is 2.79. The molecule has 0 unspecified atom stereocenters. The molecule has 0 spiro atoms. The van der Waals surface area contributed by atoms with Gasteiger partial charge in [-0.15, -0.1) is 6.42 Å². The monoisotopic (exact) mass is 283 g/mol. The lowest BCUT2D eigenvalue weighted by molar-refractivity contribution is 0.0692. The van der Waals surface area contributed by atoms with Gasteiger partial charge in [0.2, 0.25) is 0 Å². The largest absolute Gasteiger partial charge is 0.477 e. The molecule has 0 aliphatic carbocycles. The summed E-state index contributed by atoms with van der Waals surface area (Å²) in [5.41, 5.74) is 1.92. The van der Waals surface area contributed by atoms with Crippen LogP contribution in [0.3, 0.4) is 0 Å². The lowest BCUT2D eigenvalue weighted by Gasteiger charge is -2.07. The van der Waals surface area contributed by atoms with Gasteiger partial charge in [0.05, 0.1) is 5.69 Å². The Labute approximate surface area is 121 Å². The molecule has 4 N–H and O–H groups in total. The Bertz CT molecular complexity index is 741. The maximum absolute atomic E-state index is 11.9. The summed E-state index contributed by atoms with van der Waals surface area (Å²) in [5.74, 6) is 1.32. The molecule has 0 aliphatic heterocycles. The number of nitrogens with one attached hydrogen (secondary N) is 3. The van der Waals surface area contributed by atoms with Gasteiger partial charge in [0.15, 0.2) is 0 Å². The zero-order valence-electron chi connectivity index (χ0n) is 11.2. The van der Waals surface area contributed by atoms with Crippen LogP contribution in [0.15, 0.2) is 30.3 Å². The molecule has 6 heteroatoms. The van der Waals surface area contributed by atoms with Gasteiger partial charge in [-0.1, -0.05) is 12.0 Å². The van der Waals surface area contributed by atoms with Crippen molar-refractivity contribution in [2.75, 3.05) is 10.6 Å². The van der Waals surface area contributed by atoms with E-state index in [0.29, 0.717) is 16.9 Å². The zero-order chi connectivity index (χ0) is 15.4. The minimum Gasteiger partial charge on any atom is -0.477 e. The number of H-pyrrole nitrogens is 1. The second kappa shape index (κ2) is 5.84. The summed E-state index contributed by atoms with van der Waals surface area (Å²) in [6, 6.07) is 7.77. The summed E-state index contributed by atoms with van der Waals surface area (Å²) in [5, 5.41) is 14.1. The summed E-state index contributed by atoms with van der Waals surface area (Å²) in [7, 11) is 0. The van der Waals surface area contributed by atoms with Crippen molar-refractivity contribution in [2.45, 2.75) is 6.92 Å². The van der Waals surface area contributed by atoms with Gasteiger partial charge in [-0.25, -0.2) is 9.59 Å². The van der Waals surface area contributed by atoms with Crippen molar-refractivity contribution in [2.24, 2.45) is 0 Å². The highest BCUT2D eigenvalue weighted by molar-refractivity contribution is 6.04. The molecule has 2 aromatic rings. The van der Waals surface area contributed by atoms with E-state index in [9.17, 15) is 9.59 Å². The maximum Gasteiger partial charge on any atom is 0.354 e. The minimum atomic E-state index is -1.15. The fraction of sp³-hybridized carbons (Fsp3) is 0.0667. The number of terminal acetylenes is 1. The van der Waals surface area contributed by atoms with Crippen molar-refractivity contribution >= 4 is 23.4 Å². The molecule has 0 saturated carbocycles. The van der Waals surface area contributed by atoms with Crippen LogP contribution in [-0.4, -0.2) is 22.1 Å². The van der Waals surface area contributed by atoms with Crippen LogP contribution in [0.25, 0.3) is 0 Å². The Morgan fingerprint density at radius 3 is 2.71 bits per heavy atom. The van der Waals surface area contributed by atoms with Crippen LogP contribution in [0, 0.1) is 19.3 Å². The van der Waals surface area contributed by atoms with Gasteiger partial charge in [0.1, 0.15) is 5.69 Å². The molecule has 0 aliphatic rings. The number of aromatic nitrogens is 1. The maximum atomic E-state index is 11.9. The van der Waals surface area contributed by atoms with E-state index in [1.807, 2.05) is 0 Å². The highest BCUT2D eigenvalue weighted by Crippen LogP contribution is 2.17. The van der Waals surface area contributed by atoms with E-state index in [4.69, 9.17) is 11.5 Å². The second-order valence-corrected chi connectivity index (χ2v) is 4.35. The molecule has 1 heterocycles. The van der Waals surface area contributed by atoms with Crippen LogP contribution < -0.4 is 10.6 Å². The zero-order valence-corrected chi connectivity index (χ0v) is 11.2. The number of aromatic carboxylic acids is 1. The molecule has 2 amide bonds. The number of aryl methyl sites for hydroxylation is 1. The number of carbonyl (C=O) groups is 2. The molecule has 2 rings (SSSR count). The average molecular weight is 283 g/mol. The van der Waals surface area contributed by atoms with Crippen LogP contribution in [0.4, 0.5) is 16.2 Å². The van der Waals surface area contributed by atoms with Gasteiger partial charge >= 0.3 is 12.0 Å². The third kappa shape index (κ3) is 3.42. The Hall–Kier alpha value is -3.20. The minimum absolute atomic E-state index is 0.0694. The van der Waals surface area contributed by atoms with E-state index in [1.54, 1.807) is 37.3 Å². The summed E-state index contributed by atoms with van der Waals surface area (Å²) < 4.78 is 0. The molecule has 0 radical (unpaired) electrons. The normalized spacial score (nSPS) is 9.71. The molecule has 1 aromatic carbocycles. The van der Waals surface area contributed by atoms with Crippen molar-refractivity contribution in [3.05, 3.63) is 47.3 Å². The molecule has 0 bridgehead atoms. The second-order valence-electron chi connectivity index (χ2n) is 4.35. The molecule has 0 fully saturated rings. The van der Waals surface area contributed by atoms with E-state index in [2.05, 4.69) is 21.5 Å². The highest BCUT2D eigenvalue weighted by atomic mass is 16.4. The standard InChI is InChI=1S/C15H13N3O3/c1-3-10-5-4-6-11(8-10)17-15(21)18-12-7-9(2)16-13(12)14(19)20/h1,4-8,16H,2H3,(H,19,20)(H2,17,18,21). The Kier molecular flexibility index (Phi) is 3.95. The van der Waals surface area contributed by atoms with Gasteiger partial charge in [-0.05, 0) is 31.2 Å². The summed E-state index contributed by atoms with van der Waals surface area (Å²) in [6.45, 7) is 1.70. The number of carbonyl (C=O) groups excluding carboxylic acids is 1. The number of urea groups is 1. The fourth-order valence-corrected chi connectivity index (χ4v) is 1.83. The number of rotatable bonds is 3. The van der Waals surface area contributed by atoms with E-state index < -0.39 is 12.0 Å². The molecule has 1 aromatic heterocycles. The predicted molar refractivity (Wildman–Crippen MR) is 79.5 cm³/mol. The number of benzene rings is 1. The van der Waals surface area contributed by atoms with Crippen molar-refractivity contribution in [3.63, 3.8) is 0 Å². The third-order valence-electron chi connectivity index (χ3n) is 2.70. The summed E-state index contributed by atoms with van der Waals surface area (Å²) >= 11 is 0. The van der Waals surface area contributed by atoms with E-state index >= 15 is 0 Å². The highest BCUT2D eigenvalue weighted by Gasteiger charge is 2.15. The first kappa shape index (κ1) is 14.2. The van der Waals surface area contributed by atoms with Gasteiger partial charge in [0.25, 0.3) is 0 Å². The smallest absolute Gasteiger partial charge is 0.354 e. The predicted octanol–water partition coefficient (Wildman–Crippen LogP) is 2.65. The van der Waals surface area contributed by atoms with Gasteiger partial charge in [-0.2, -0.15) is 0 Å². The number of carboxylic acid groups (broad SMARTS) is 1. The van der Waals surface area contributed by atoms with E-state index in [0.717, 1.165) is 0 Å². The number of hydrogen-bond acceptors (Lipinski definition) is 2. The fourth-order valence-electron chi connectivity index (χ4n) is 1.83. The lowest BCUT2D eigenvalue weighted by Crippen LogP contribution is -2.20. The topological polar surface area (TPSA) is 94.2 Å². The number of carboxylic acids is 1. The van der Waals surface area contributed by atoms with Gasteiger partial charge < -0.3 is 20.7 Å². The molecule has 21 heavy (non-hydrogen) atoms. The van der Waals surface area contributed by atoms with Crippen LogP contribution >= 0.6 is 0 Å². The Balaban J connectivity index is 2.12. The molecule has 6 nitrogen and oxygen atoms in total. The Morgan fingerprint density at radius 1 is 1.29 bits per heavy atom. The molecule has 0 atom stereocenters.